The largest absolute Gasteiger partial charge is 0.326 e. The molecule has 2 aromatic rings. The number of thiophene rings is 1. The molecule has 0 aliphatic carbocycles. The molecule has 1 aromatic heterocycles. The Morgan fingerprint density at radius 1 is 1.19 bits per heavy atom. The Morgan fingerprint density at radius 3 is 2.50 bits per heavy atom. The van der Waals surface area contributed by atoms with Crippen molar-refractivity contribution in [3.8, 4) is 10.4 Å². The molecule has 0 atom stereocenters. The van der Waals surface area contributed by atoms with Crippen LogP contribution in [-0.4, -0.2) is 0 Å². The molecule has 0 aliphatic heterocycles. The van der Waals surface area contributed by atoms with E-state index < -0.39 is 0 Å². The highest BCUT2D eigenvalue weighted by Crippen LogP contribution is 2.32. The van der Waals surface area contributed by atoms with E-state index in [4.69, 9.17) is 5.73 Å². The second kappa shape index (κ2) is 4.36. The van der Waals surface area contributed by atoms with Crippen LogP contribution < -0.4 is 5.73 Å². The number of halogens is 1. The fourth-order valence-corrected chi connectivity index (χ4v) is 2.72. The molecule has 0 fully saturated rings. The van der Waals surface area contributed by atoms with Crippen LogP contribution >= 0.6 is 11.3 Å². The number of nitrogens with two attached hydrogens (primary N) is 1. The van der Waals surface area contributed by atoms with Gasteiger partial charge in [0.1, 0.15) is 5.82 Å². The Morgan fingerprint density at radius 2 is 1.94 bits per heavy atom. The van der Waals surface area contributed by atoms with Crippen molar-refractivity contribution in [2.45, 2.75) is 20.4 Å². The zero-order chi connectivity index (χ0) is 11.7. The number of hydrogen-bond donors (Lipinski definition) is 1. The van der Waals surface area contributed by atoms with Crippen molar-refractivity contribution in [3.63, 3.8) is 0 Å². The van der Waals surface area contributed by atoms with E-state index in [-0.39, 0.29) is 5.82 Å². The molecule has 0 saturated carbocycles. The van der Waals surface area contributed by atoms with Crippen LogP contribution in [0, 0.1) is 19.7 Å². The standard InChI is InChI=1S/C13H14FNS/c1-8-3-4-10(6-12(8)14)13-9(2)5-11(7-15)16-13/h3-6H,7,15H2,1-2H3. The van der Waals surface area contributed by atoms with Crippen LogP contribution in [0.15, 0.2) is 24.3 Å². The maximum Gasteiger partial charge on any atom is 0.126 e. The second-order valence-corrected chi connectivity index (χ2v) is 5.03. The van der Waals surface area contributed by atoms with Crippen molar-refractivity contribution in [3.05, 3.63) is 46.1 Å². The molecule has 0 amide bonds. The third-order valence-electron chi connectivity index (χ3n) is 2.60. The van der Waals surface area contributed by atoms with Gasteiger partial charge in [-0.3, -0.25) is 0 Å². The van der Waals surface area contributed by atoms with Gasteiger partial charge in [0, 0.05) is 16.3 Å². The summed E-state index contributed by atoms with van der Waals surface area (Å²) in [5, 5.41) is 0. The van der Waals surface area contributed by atoms with Crippen molar-refractivity contribution in [2.75, 3.05) is 0 Å². The molecule has 0 unspecified atom stereocenters. The molecule has 1 heterocycles. The number of aryl methyl sites for hydroxylation is 2. The Bertz CT molecular complexity index is 517. The fourth-order valence-electron chi connectivity index (χ4n) is 1.67. The van der Waals surface area contributed by atoms with Gasteiger partial charge < -0.3 is 5.73 Å². The predicted octanol–water partition coefficient (Wildman–Crippen LogP) is 3.63. The summed E-state index contributed by atoms with van der Waals surface area (Å²) in [5.41, 5.74) is 8.37. The summed E-state index contributed by atoms with van der Waals surface area (Å²) in [6, 6.07) is 7.43. The zero-order valence-electron chi connectivity index (χ0n) is 9.38. The summed E-state index contributed by atoms with van der Waals surface area (Å²) in [4.78, 5) is 2.24. The highest BCUT2D eigenvalue weighted by Gasteiger charge is 2.08. The van der Waals surface area contributed by atoms with Crippen LogP contribution in [0.3, 0.4) is 0 Å². The lowest BCUT2D eigenvalue weighted by Gasteiger charge is -2.02. The first-order valence-electron chi connectivity index (χ1n) is 5.17. The number of rotatable bonds is 2. The molecule has 1 aromatic carbocycles. The van der Waals surface area contributed by atoms with Gasteiger partial charge in [0.2, 0.25) is 0 Å². The maximum absolute atomic E-state index is 13.5. The Hall–Kier alpha value is -1.19. The van der Waals surface area contributed by atoms with E-state index in [0.717, 1.165) is 20.9 Å². The minimum Gasteiger partial charge on any atom is -0.326 e. The molecule has 16 heavy (non-hydrogen) atoms. The molecule has 2 N–H and O–H groups in total. The van der Waals surface area contributed by atoms with Crippen molar-refractivity contribution in [2.24, 2.45) is 5.73 Å². The first kappa shape index (κ1) is 11.3. The summed E-state index contributed by atoms with van der Waals surface area (Å²) in [5.74, 6) is -0.153. The van der Waals surface area contributed by atoms with Crippen LogP contribution in [0.2, 0.25) is 0 Å². The highest BCUT2D eigenvalue weighted by molar-refractivity contribution is 7.15. The summed E-state index contributed by atoms with van der Waals surface area (Å²) in [6.45, 7) is 4.34. The van der Waals surface area contributed by atoms with Crippen molar-refractivity contribution < 1.29 is 4.39 Å². The molecule has 0 radical (unpaired) electrons. The van der Waals surface area contributed by atoms with Gasteiger partial charge in [-0.2, -0.15) is 0 Å². The number of benzene rings is 1. The average Bonchev–Trinajstić information content (AvgIpc) is 2.64. The predicted molar refractivity (Wildman–Crippen MR) is 67.1 cm³/mol. The van der Waals surface area contributed by atoms with Gasteiger partial charge >= 0.3 is 0 Å². The summed E-state index contributed by atoms with van der Waals surface area (Å²) >= 11 is 1.64. The topological polar surface area (TPSA) is 26.0 Å². The molecule has 0 saturated heterocycles. The maximum atomic E-state index is 13.5. The van der Waals surface area contributed by atoms with Crippen molar-refractivity contribution >= 4 is 11.3 Å². The van der Waals surface area contributed by atoms with Crippen LogP contribution in [0.4, 0.5) is 4.39 Å². The van der Waals surface area contributed by atoms with E-state index in [1.165, 1.54) is 0 Å². The van der Waals surface area contributed by atoms with E-state index in [1.54, 1.807) is 24.3 Å². The van der Waals surface area contributed by atoms with E-state index >= 15 is 0 Å². The molecule has 2 rings (SSSR count). The van der Waals surface area contributed by atoms with Gasteiger partial charge in [0.25, 0.3) is 0 Å². The van der Waals surface area contributed by atoms with Gasteiger partial charge in [-0.1, -0.05) is 12.1 Å². The minimum atomic E-state index is -0.153. The lowest BCUT2D eigenvalue weighted by molar-refractivity contribution is 0.619. The van der Waals surface area contributed by atoms with E-state index in [0.29, 0.717) is 12.1 Å². The van der Waals surface area contributed by atoms with E-state index in [2.05, 4.69) is 6.07 Å². The molecule has 0 aliphatic rings. The molecule has 0 spiro atoms. The van der Waals surface area contributed by atoms with Gasteiger partial charge in [-0.15, -0.1) is 11.3 Å². The smallest absolute Gasteiger partial charge is 0.126 e. The summed E-state index contributed by atoms with van der Waals surface area (Å²) in [6.07, 6.45) is 0. The Balaban J connectivity index is 2.49. The van der Waals surface area contributed by atoms with Crippen LogP contribution in [-0.2, 0) is 6.54 Å². The summed E-state index contributed by atoms with van der Waals surface area (Å²) in [7, 11) is 0. The van der Waals surface area contributed by atoms with Crippen LogP contribution in [0.5, 0.6) is 0 Å². The third kappa shape index (κ3) is 2.01. The van der Waals surface area contributed by atoms with Gasteiger partial charge in [0.05, 0.1) is 0 Å². The van der Waals surface area contributed by atoms with Crippen molar-refractivity contribution in [1.82, 2.24) is 0 Å². The minimum absolute atomic E-state index is 0.153. The first-order valence-corrected chi connectivity index (χ1v) is 5.99. The molecule has 84 valence electrons. The summed E-state index contributed by atoms with van der Waals surface area (Å²) < 4.78 is 13.5. The Kier molecular flexibility index (Phi) is 3.08. The van der Waals surface area contributed by atoms with Gasteiger partial charge in [-0.05, 0) is 42.7 Å². The van der Waals surface area contributed by atoms with Gasteiger partial charge in [0.15, 0.2) is 0 Å². The molecular weight excluding hydrogens is 221 g/mol. The first-order chi connectivity index (χ1) is 7.61. The van der Waals surface area contributed by atoms with Gasteiger partial charge in [-0.25, -0.2) is 4.39 Å². The lowest BCUT2D eigenvalue weighted by atomic mass is 10.1. The molecular formula is C13H14FNS. The number of hydrogen-bond acceptors (Lipinski definition) is 2. The zero-order valence-corrected chi connectivity index (χ0v) is 10.2. The average molecular weight is 235 g/mol. The third-order valence-corrected chi connectivity index (χ3v) is 3.91. The quantitative estimate of drug-likeness (QED) is 0.845. The van der Waals surface area contributed by atoms with Crippen molar-refractivity contribution in [1.29, 1.82) is 0 Å². The van der Waals surface area contributed by atoms with E-state index in [1.807, 2.05) is 19.1 Å². The normalized spacial score (nSPS) is 10.8. The van der Waals surface area contributed by atoms with E-state index in [9.17, 15) is 4.39 Å². The second-order valence-electron chi connectivity index (χ2n) is 3.89. The molecule has 1 nitrogen and oxygen atoms in total. The fraction of sp³-hybridized carbons (Fsp3) is 0.231. The lowest BCUT2D eigenvalue weighted by Crippen LogP contribution is -1.91. The van der Waals surface area contributed by atoms with Crippen LogP contribution in [0.1, 0.15) is 16.0 Å². The monoisotopic (exact) mass is 235 g/mol. The molecule has 0 bridgehead atoms. The highest BCUT2D eigenvalue weighted by atomic mass is 32.1. The molecule has 3 heteroatoms. The Labute approximate surface area is 98.7 Å². The van der Waals surface area contributed by atoms with Crippen LogP contribution in [0.25, 0.3) is 10.4 Å². The SMILES string of the molecule is Cc1ccc(-c2sc(CN)cc2C)cc1F.